The molecule has 0 fully saturated rings. The molecule has 0 aliphatic rings. The fraction of sp³-hybridized carbons (Fsp3) is 0. The largest absolute Gasteiger partial charge is 0.438 e. The zero-order chi connectivity index (χ0) is 18.1. The van der Waals surface area contributed by atoms with Crippen molar-refractivity contribution in [1.82, 2.24) is 9.97 Å². The summed E-state index contributed by atoms with van der Waals surface area (Å²) in [5.41, 5.74) is 1.93. The van der Waals surface area contributed by atoms with Crippen LogP contribution < -0.4 is 5.32 Å². The monoisotopic (exact) mass is 366 g/mol. The molecule has 4 aromatic rings. The number of benzene rings is 2. The molecule has 0 amide bonds. The molecule has 0 aliphatic carbocycles. The smallest absolute Gasteiger partial charge is 0.269 e. The minimum absolute atomic E-state index is 0.0213. The molecular formula is C18H11ClN4O3. The molecule has 2 aromatic heterocycles. The summed E-state index contributed by atoms with van der Waals surface area (Å²) in [6.07, 6.45) is 1.40. The Balaban J connectivity index is 1.72. The minimum atomic E-state index is -0.444. The molecular weight excluding hydrogens is 356 g/mol. The highest BCUT2D eigenvalue weighted by atomic mass is 35.5. The molecule has 2 heterocycles. The quantitative estimate of drug-likeness (QED) is 0.394. The van der Waals surface area contributed by atoms with E-state index in [0.717, 1.165) is 5.69 Å². The first-order valence-electron chi connectivity index (χ1n) is 7.62. The highest BCUT2D eigenvalue weighted by Gasteiger charge is 2.13. The number of furan rings is 1. The van der Waals surface area contributed by atoms with Crippen LogP contribution in [0.5, 0.6) is 0 Å². The Morgan fingerprint density at radius 1 is 1.08 bits per heavy atom. The van der Waals surface area contributed by atoms with E-state index in [1.165, 1.54) is 18.5 Å². The zero-order valence-corrected chi connectivity index (χ0v) is 14.0. The van der Waals surface area contributed by atoms with Crippen molar-refractivity contribution in [3.05, 3.63) is 76.1 Å². The van der Waals surface area contributed by atoms with Gasteiger partial charge in [-0.25, -0.2) is 9.97 Å². The molecule has 0 saturated carbocycles. The van der Waals surface area contributed by atoms with Gasteiger partial charge in [-0.2, -0.15) is 0 Å². The molecule has 0 radical (unpaired) electrons. The predicted molar refractivity (Wildman–Crippen MR) is 98.6 cm³/mol. The molecule has 0 spiro atoms. The van der Waals surface area contributed by atoms with Crippen LogP contribution in [0.3, 0.4) is 0 Å². The number of nitrogens with zero attached hydrogens (tertiary/aromatic N) is 3. The first kappa shape index (κ1) is 16.0. The number of aromatic nitrogens is 2. The Labute approximate surface area is 152 Å². The number of hydrogen-bond acceptors (Lipinski definition) is 6. The van der Waals surface area contributed by atoms with Gasteiger partial charge in [-0.05, 0) is 36.4 Å². The highest BCUT2D eigenvalue weighted by Crippen LogP contribution is 2.32. The number of hydrogen-bond donors (Lipinski definition) is 1. The highest BCUT2D eigenvalue weighted by molar-refractivity contribution is 6.30. The second-order valence-corrected chi connectivity index (χ2v) is 5.93. The number of nitrogens with one attached hydrogen (secondary N) is 1. The summed E-state index contributed by atoms with van der Waals surface area (Å²) < 4.78 is 5.77. The van der Waals surface area contributed by atoms with Gasteiger partial charge >= 0.3 is 0 Å². The lowest BCUT2D eigenvalue weighted by Crippen LogP contribution is -1.94. The van der Waals surface area contributed by atoms with E-state index < -0.39 is 4.92 Å². The van der Waals surface area contributed by atoms with Crippen molar-refractivity contribution in [2.24, 2.45) is 0 Å². The Morgan fingerprint density at radius 3 is 2.62 bits per heavy atom. The second kappa shape index (κ2) is 6.45. The third kappa shape index (κ3) is 3.07. The Bertz CT molecular complexity index is 1110. The molecule has 0 aliphatic heterocycles. The summed E-state index contributed by atoms with van der Waals surface area (Å²) in [6, 6.07) is 15.2. The van der Waals surface area contributed by atoms with Crippen LogP contribution >= 0.6 is 11.6 Å². The van der Waals surface area contributed by atoms with Gasteiger partial charge in [0, 0.05) is 28.4 Å². The molecule has 4 rings (SSSR count). The third-order valence-corrected chi connectivity index (χ3v) is 4.01. The Hall–Kier alpha value is -3.45. The molecule has 1 N–H and O–H groups in total. The second-order valence-electron chi connectivity index (χ2n) is 5.49. The number of rotatable bonds is 4. The van der Waals surface area contributed by atoms with Crippen LogP contribution in [0.2, 0.25) is 5.02 Å². The van der Waals surface area contributed by atoms with Crippen LogP contribution in [-0.4, -0.2) is 14.9 Å². The first-order valence-corrected chi connectivity index (χ1v) is 8.00. The zero-order valence-electron chi connectivity index (χ0n) is 13.2. The van der Waals surface area contributed by atoms with Crippen molar-refractivity contribution in [2.75, 3.05) is 5.32 Å². The van der Waals surface area contributed by atoms with Crippen LogP contribution in [0.25, 0.3) is 22.4 Å². The molecule has 0 unspecified atom stereocenters. The van der Waals surface area contributed by atoms with Gasteiger partial charge in [0.25, 0.3) is 5.69 Å². The molecule has 128 valence electrons. The fourth-order valence-electron chi connectivity index (χ4n) is 2.55. The van der Waals surface area contributed by atoms with Gasteiger partial charge in [0.05, 0.1) is 10.3 Å². The van der Waals surface area contributed by atoms with Crippen molar-refractivity contribution >= 4 is 39.9 Å². The van der Waals surface area contributed by atoms with Crippen molar-refractivity contribution in [1.29, 1.82) is 0 Å². The number of halogens is 1. The van der Waals surface area contributed by atoms with Gasteiger partial charge < -0.3 is 9.73 Å². The molecule has 26 heavy (non-hydrogen) atoms. The predicted octanol–water partition coefficient (Wildman–Crippen LogP) is 5.20. The maximum Gasteiger partial charge on any atom is 0.269 e. The van der Waals surface area contributed by atoms with E-state index in [1.54, 1.807) is 30.3 Å². The van der Waals surface area contributed by atoms with Gasteiger partial charge in [-0.3, -0.25) is 10.1 Å². The van der Waals surface area contributed by atoms with Crippen LogP contribution in [-0.2, 0) is 0 Å². The molecule has 0 saturated heterocycles. The SMILES string of the molecule is O=[N+]([O-])c1ccc(-c2cc3c(Nc4cccc(Cl)c4)ncnc3o2)cc1. The molecule has 0 atom stereocenters. The van der Waals surface area contributed by atoms with E-state index in [2.05, 4.69) is 15.3 Å². The summed E-state index contributed by atoms with van der Waals surface area (Å²) in [4.78, 5) is 18.7. The third-order valence-electron chi connectivity index (χ3n) is 3.78. The minimum Gasteiger partial charge on any atom is -0.438 e. The lowest BCUT2D eigenvalue weighted by Gasteiger charge is -2.05. The summed E-state index contributed by atoms with van der Waals surface area (Å²) in [7, 11) is 0. The lowest BCUT2D eigenvalue weighted by atomic mass is 10.1. The van der Waals surface area contributed by atoms with E-state index in [9.17, 15) is 10.1 Å². The van der Waals surface area contributed by atoms with Crippen LogP contribution in [0.15, 0.2) is 65.3 Å². The van der Waals surface area contributed by atoms with Crippen LogP contribution in [0, 0.1) is 10.1 Å². The van der Waals surface area contributed by atoms with Crippen molar-refractivity contribution in [3.63, 3.8) is 0 Å². The maximum absolute atomic E-state index is 10.8. The van der Waals surface area contributed by atoms with Gasteiger partial charge in [0.15, 0.2) is 0 Å². The van der Waals surface area contributed by atoms with Crippen molar-refractivity contribution < 1.29 is 9.34 Å². The van der Waals surface area contributed by atoms with Gasteiger partial charge in [-0.15, -0.1) is 0 Å². The van der Waals surface area contributed by atoms with Crippen LogP contribution in [0.4, 0.5) is 17.2 Å². The summed E-state index contributed by atoms with van der Waals surface area (Å²) in [5.74, 6) is 1.12. The number of nitro benzene ring substituents is 1. The number of anilines is 2. The molecule has 0 bridgehead atoms. The van der Waals surface area contributed by atoms with Gasteiger partial charge in [-0.1, -0.05) is 17.7 Å². The standard InChI is InChI=1S/C18H11ClN4O3/c19-12-2-1-3-13(8-12)22-17-15-9-16(26-18(15)21-10-20-17)11-4-6-14(7-5-11)23(24)25/h1-10H,(H,20,21,22). The van der Waals surface area contributed by atoms with Crippen LogP contribution in [0.1, 0.15) is 0 Å². The number of fused-ring (bicyclic) bond motifs is 1. The average molecular weight is 367 g/mol. The average Bonchev–Trinajstić information content (AvgIpc) is 3.07. The van der Waals surface area contributed by atoms with Gasteiger partial charge in [0.2, 0.25) is 5.71 Å². The van der Waals surface area contributed by atoms with E-state index >= 15 is 0 Å². The summed E-state index contributed by atoms with van der Waals surface area (Å²) in [6.45, 7) is 0. The fourth-order valence-corrected chi connectivity index (χ4v) is 2.74. The maximum atomic E-state index is 10.8. The number of non-ortho nitro benzene ring substituents is 1. The van der Waals surface area contributed by atoms with E-state index in [1.807, 2.05) is 12.1 Å². The van der Waals surface area contributed by atoms with Gasteiger partial charge in [0.1, 0.15) is 17.9 Å². The number of nitro groups is 1. The first-order chi connectivity index (χ1) is 12.6. The summed E-state index contributed by atoms with van der Waals surface area (Å²) in [5, 5.41) is 15.3. The van der Waals surface area contributed by atoms with E-state index in [-0.39, 0.29) is 5.69 Å². The Kier molecular flexibility index (Phi) is 3.98. The summed E-state index contributed by atoms with van der Waals surface area (Å²) >= 11 is 6.01. The van der Waals surface area contributed by atoms with E-state index in [0.29, 0.717) is 33.3 Å². The molecule has 8 heteroatoms. The molecule has 7 nitrogen and oxygen atoms in total. The van der Waals surface area contributed by atoms with Crippen molar-refractivity contribution in [2.45, 2.75) is 0 Å². The topological polar surface area (TPSA) is 94.1 Å². The molecule has 2 aromatic carbocycles. The lowest BCUT2D eigenvalue weighted by molar-refractivity contribution is -0.384. The Morgan fingerprint density at radius 2 is 1.88 bits per heavy atom. The van der Waals surface area contributed by atoms with Crippen molar-refractivity contribution in [3.8, 4) is 11.3 Å². The van der Waals surface area contributed by atoms with E-state index in [4.69, 9.17) is 16.0 Å². The normalized spacial score (nSPS) is 10.8.